The van der Waals surface area contributed by atoms with Crippen molar-refractivity contribution in [2.75, 3.05) is 0 Å². The molecule has 0 aliphatic carbocycles. The number of Topliss-reactive ketones (excluding diaryl/α,β-unsaturated/α-hetero) is 1. The number of carbonyl (C=O) groups is 7. The van der Waals surface area contributed by atoms with Crippen LogP contribution in [0.3, 0.4) is 0 Å². The van der Waals surface area contributed by atoms with Gasteiger partial charge in [0.1, 0.15) is 12.5 Å². The molecule has 3 N–H and O–H groups in total. The highest BCUT2D eigenvalue weighted by Gasteiger charge is 2.39. The number of carboxylic acid groups (broad SMARTS) is 1. The smallest absolute Gasteiger partial charge is 0.405 e. The Morgan fingerprint density at radius 3 is 2.00 bits per heavy atom. The van der Waals surface area contributed by atoms with Gasteiger partial charge in [-0.25, -0.2) is 19.2 Å². The molecule has 0 spiro atoms. The SMILES string of the molecule is CCC(C)C1OC(=O)C(C)OC(=O)C(NC(=O)O)C(C)OC(=O)C(CC(C)C)OC(=O)CC(=O)C(CC(C)C)NC1=O. The molecule has 0 aromatic rings. The molecule has 14 nitrogen and oxygen atoms in total. The zero-order chi connectivity index (χ0) is 32.3. The van der Waals surface area contributed by atoms with Gasteiger partial charge in [-0.15, -0.1) is 0 Å². The second-order valence-corrected chi connectivity index (χ2v) is 11.3. The number of ether oxygens (including phenoxy) is 4. The minimum absolute atomic E-state index is 0.00141. The summed E-state index contributed by atoms with van der Waals surface area (Å²) < 4.78 is 21.1. The number of amides is 2. The number of nitrogens with one attached hydrogen (secondary N) is 2. The van der Waals surface area contributed by atoms with Gasteiger partial charge in [0, 0.05) is 5.92 Å². The molecular weight excluding hydrogens is 556 g/mol. The van der Waals surface area contributed by atoms with E-state index in [4.69, 9.17) is 18.9 Å². The molecule has 0 aromatic heterocycles. The van der Waals surface area contributed by atoms with Crippen molar-refractivity contribution in [2.24, 2.45) is 17.8 Å². The summed E-state index contributed by atoms with van der Waals surface area (Å²) in [6.07, 6.45) is -7.75. The van der Waals surface area contributed by atoms with Crippen molar-refractivity contribution >= 4 is 41.7 Å². The van der Waals surface area contributed by atoms with Crippen LogP contribution in [-0.4, -0.2) is 83.3 Å². The Kier molecular flexibility index (Phi) is 14.4. The number of carbonyl (C=O) groups excluding carboxylic acids is 6. The van der Waals surface area contributed by atoms with Crippen LogP contribution in [0.5, 0.6) is 0 Å². The van der Waals surface area contributed by atoms with Crippen molar-refractivity contribution in [3.63, 3.8) is 0 Å². The largest absolute Gasteiger partial charge is 0.465 e. The van der Waals surface area contributed by atoms with E-state index >= 15 is 0 Å². The first-order valence-electron chi connectivity index (χ1n) is 14.1. The molecule has 42 heavy (non-hydrogen) atoms. The minimum Gasteiger partial charge on any atom is -0.465 e. The van der Waals surface area contributed by atoms with Gasteiger partial charge in [0.05, 0.1) is 6.04 Å². The summed E-state index contributed by atoms with van der Waals surface area (Å²) in [6, 6.07) is -2.90. The summed E-state index contributed by atoms with van der Waals surface area (Å²) in [5, 5.41) is 13.7. The van der Waals surface area contributed by atoms with E-state index < -0.39 is 90.5 Å². The van der Waals surface area contributed by atoms with Crippen molar-refractivity contribution in [1.82, 2.24) is 10.6 Å². The number of ketones is 1. The summed E-state index contributed by atoms with van der Waals surface area (Å²) in [6.45, 7) is 12.9. The molecular formula is C28H44N2O12. The standard InChI is InChI=1S/C28H44N2O12/c1-9-15(6)23-24(33)29-18(10-13(2)3)19(31)12-21(32)41-20(11-14(4)5)26(35)39-16(7)22(30-28(37)38)27(36)40-17(8)25(34)42-23/h13-18,20,22-23,30H,9-12H2,1-8H3,(H,29,33)(H,37,38). The third-order valence-electron chi connectivity index (χ3n) is 6.54. The van der Waals surface area contributed by atoms with E-state index in [-0.39, 0.29) is 24.7 Å². The van der Waals surface area contributed by atoms with Crippen LogP contribution in [0.15, 0.2) is 0 Å². The Morgan fingerprint density at radius 2 is 1.48 bits per heavy atom. The van der Waals surface area contributed by atoms with Gasteiger partial charge in [-0.05, 0) is 44.9 Å². The van der Waals surface area contributed by atoms with Crippen molar-refractivity contribution in [3.05, 3.63) is 0 Å². The highest BCUT2D eigenvalue weighted by atomic mass is 16.6. The van der Waals surface area contributed by atoms with E-state index in [2.05, 4.69) is 5.32 Å². The molecule has 2 amide bonds. The Morgan fingerprint density at radius 1 is 0.881 bits per heavy atom. The second-order valence-electron chi connectivity index (χ2n) is 11.3. The molecule has 0 aromatic carbocycles. The zero-order valence-corrected chi connectivity index (χ0v) is 25.5. The van der Waals surface area contributed by atoms with Gasteiger partial charge in [0.25, 0.3) is 5.91 Å². The number of hydrogen-bond donors (Lipinski definition) is 3. The van der Waals surface area contributed by atoms with Crippen molar-refractivity contribution in [3.8, 4) is 0 Å². The fourth-order valence-corrected chi connectivity index (χ4v) is 4.07. The van der Waals surface area contributed by atoms with Crippen LogP contribution in [0.25, 0.3) is 0 Å². The quantitative estimate of drug-likeness (QED) is 0.218. The Balaban J connectivity index is 3.54. The number of esters is 4. The van der Waals surface area contributed by atoms with Gasteiger partial charge in [0.2, 0.25) is 0 Å². The first-order valence-corrected chi connectivity index (χ1v) is 14.1. The lowest BCUT2D eigenvalue weighted by atomic mass is 9.96. The highest BCUT2D eigenvalue weighted by molar-refractivity contribution is 6.01. The fourth-order valence-electron chi connectivity index (χ4n) is 4.07. The molecule has 14 heteroatoms. The zero-order valence-electron chi connectivity index (χ0n) is 25.5. The van der Waals surface area contributed by atoms with Gasteiger partial charge in [-0.2, -0.15) is 0 Å². The van der Waals surface area contributed by atoms with Gasteiger partial charge < -0.3 is 34.7 Å². The first-order chi connectivity index (χ1) is 19.5. The van der Waals surface area contributed by atoms with Crippen LogP contribution in [0.2, 0.25) is 0 Å². The molecule has 1 saturated heterocycles. The monoisotopic (exact) mass is 600 g/mol. The molecule has 7 atom stereocenters. The summed E-state index contributed by atoms with van der Waals surface area (Å²) in [4.78, 5) is 89.3. The highest BCUT2D eigenvalue weighted by Crippen LogP contribution is 2.18. The third-order valence-corrected chi connectivity index (χ3v) is 6.54. The van der Waals surface area contributed by atoms with Crippen LogP contribution in [-0.2, 0) is 47.7 Å². The maximum Gasteiger partial charge on any atom is 0.405 e. The summed E-state index contributed by atoms with van der Waals surface area (Å²) in [5.41, 5.74) is 0. The lowest BCUT2D eigenvalue weighted by molar-refractivity contribution is -0.180. The maximum atomic E-state index is 13.3. The van der Waals surface area contributed by atoms with Crippen molar-refractivity contribution in [1.29, 1.82) is 0 Å². The predicted molar refractivity (Wildman–Crippen MR) is 146 cm³/mol. The van der Waals surface area contributed by atoms with Crippen molar-refractivity contribution in [2.45, 2.75) is 118 Å². The number of rotatable bonds is 7. The summed E-state index contributed by atoms with van der Waals surface area (Å²) in [7, 11) is 0. The van der Waals surface area contributed by atoms with E-state index in [0.29, 0.717) is 6.42 Å². The lowest BCUT2D eigenvalue weighted by Crippen LogP contribution is -2.52. The van der Waals surface area contributed by atoms with E-state index in [1.165, 1.54) is 13.8 Å². The average Bonchev–Trinajstić information content (AvgIpc) is 2.87. The van der Waals surface area contributed by atoms with Crippen LogP contribution in [0.1, 0.15) is 81.1 Å². The Hall–Kier alpha value is -3.71. The molecule has 1 aliphatic heterocycles. The molecule has 1 aliphatic rings. The number of cyclic esters (lactones) is 4. The van der Waals surface area contributed by atoms with E-state index in [1.54, 1.807) is 27.7 Å². The van der Waals surface area contributed by atoms with Gasteiger partial charge in [-0.3, -0.25) is 14.4 Å². The minimum atomic E-state index is -1.77. The fraction of sp³-hybridized carbons (Fsp3) is 0.750. The molecule has 7 unspecified atom stereocenters. The number of hydrogen-bond acceptors (Lipinski definition) is 11. The lowest BCUT2D eigenvalue weighted by Gasteiger charge is -2.28. The maximum absolute atomic E-state index is 13.3. The predicted octanol–water partition coefficient (Wildman–Crippen LogP) is 1.91. The van der Waals surface area contributed by atoms with Gasteiger partial charge in [0.15, 0.2) is 30.1 Å². The molecule has 1 fully saturated rings. The topological polar surface area (TPSA) is 201 Å². The molecule has 0 bridgehead atoms. The van der Waals surface area contributed by atoms with E-state index in [1.807, 2.05) is 19.2 Å². The van der Waals surface area contributed by atoms with E-state index in [9.17, 15) is 38.7 Å². The van der Waals surface area contributed by atoms with Crippen LogP contribution in [0.4, 0.5) is 4.79 Å². The normalized spacial score (nSPS) is 28.0. The molecule has 1 rings (SSSR count). The van der Waals surface area contributed by atoms with Gasteiger partial charge >= 0.3 is 30.0 Å². The first kappa shape index (κ1) is 36.3. The van der Waals surface area contributed by atoms with Crippen molar-refractivity contribution < 1.29 is 57.6 Å². The molecule has 1 heterocycles. The van der Waals surface area contributed by atoms with Crippen LogP contribution < -0.4 is 10.6 Å². The second kappa shape index (κ2) is 16.7. The average molecular weight is 601 g/mol. The molecule has 238 valence electrons. The summed E-state index contributed by atoms with van der Waals surface area (Å²) >= 11 is 0. The third kappa shape index (κ3) is 11.6. The van der Waals surface area contributed by atoms with Crippen LogP contribution in [0, 0.1) is 17.8 Å². The molecule has 0 radical (unpaired) electrons. The Labute approximate surface area is 245 Å². The Bertz CT molecular complexity index is 1010. The summed E-state index contributed by atoms with van der Waals surface area (Å²) in [5.74, 6) is -6.70. The van der Waals surface area contributed by atoms with Crippen LogP contribution >= 0.6 is 0 Å². The van der Waals surface area contributed by atoms with E-state index in [0.717, 1.165) is 0 Å². The molecule has 0 saturated carbocycles. The van der Waals surface area contributed by atoms with Gasteiger partial charge in [-0.1, -0.05) is 41.5 Å².